The predicted octanol–water partition coefficient (Wildman–Crippen LogP) is 3.45. The lowest BCUT2D eigenvalue weighted by molar-refractivity contribution is -0.190. The maximum atomic E-state index is 12.1. The van der Waals surface area contributed by atoms with Crippen LogP contribution in [0, 0.1) is 5.41 Å². The molecule has 1 atom stereocenters. The molecule has 1 rings (SSSR count). The van der Waals surface area contributed by atoms with Crippen LogP contribution in [0.5, 0.6) is 0 Å². The molecule has 0 nitrogen and oxygen atoms in total. The Morgan fingerprint density at radius 1 is 1.00 bits per heavy atom. The Labute approximate surface area is 70.2 Å². The topological polar surface area (TPSA) is 0 Å². The summed E-state index contributed by atoms with van der Waals surface area (Å²) in [6.07, 6.45) is -9.71. The van der Waals surface area contributed by atoms with Gasteiger partial charge in [-0.05, 0) is 19.4 Å². The van der Waals surface area contributed by atoms with Gasteiger partial charge in [0.05, 0.1) is 5.57 Å². The zero-order valence-electron chi connectivity index (χ0n) is 6.77. The van der Waals surface area contributed by atoms with Crippen LogP contribution in [-0.2, 0) is 0 Å². The molecule has 6 heteroatoms. The van der Waals surface area contributed by atoms with Crippen molar-refractivity contribution in [2.45, 2.75) is 26.2 Å². The van der Waals surface area contributed by atoms with Gasteiger partial charge in [-0.15, -0.1) is 0 Å². The number of hydrogen-bond donors (Lipinski definition) is 0. The van der Waals surface area contributed by atoms with Crippen LogP contribution >= 0.6 is 0 Å². The largest absolute Gasteiger partial charge is 0.413 e. The third kappa shape index (κ3) is 1.23. The smallest absolute Gasteiger partial charge is 0.170 e. The lowest BCUT2D eigenvalue weighted by Crippen LogP contribution is -2.29. The monoisotopic (exact) mass is 204 g/mol. The van der Waals surface area contributed by atoms with Gasteiger partial charge in [-0.1, -0.05) is 0 Å². The van der Waals surface area contributed by atoms with E-state index in [1.807, 2.05) is 0 Å². The molecule has 76 valence electrons. The highest BCUT2D eigenvalue weighted by molar-refractivity contribution is 5.51. The summed E-state index contributed by atoms with van der Waals surface area (Å²) < 4.78 is 72.2. The van der Waals surface area contributed by atoms with Crippen molar-refractivity contribution in [3.63, 3.8) is 0 Å². The number of rotatable bonds is 0. The van der Waals surface area contributed by atoms with Crippen molar-refractivity contribution in [1.82, 2.24) is 0 Å². The average Bonchev–Trinajstić information content (AvgIpc) is 2.32. The van der Waals surface area contributed by atoms with Gasteiger partial charge in [0.2, 0.25) is 0 Å². The summed E-state index contributed by atoms with van der Waals surface area (Å²) in [5.74, 6) is 0. The van der Waals surface area contributed by atoms with E-state index in [9.17, 15) is 26.3 Å². The average molecular weight is 204 g/mol. The fraction of sp³-hybridized carbons (Fsp3) is 0.714. The van der Waals surface area contributed by atoms with Gasteiger partial charge in [0.25, 0.3) is 0 Å². The molecular formula is C7H6F6. The van der Waals surface area contributed by atoms with E-state index in [2.05, 4.69) is 0 Å². The maximum absolute atomic E-state index is 12.1. The molecule has 0 fully saturated rings. The van der Waals surface area contributed by atoms with Crippen molar-refractivity contribution in [3.05, 3.63) is 11.1 Å². The van der Waals surface area contributed by atoms with E-state index in [4.69, 9.17) is 0 Å². The summed E-state index contributed by atoms with van der Waals surface area (Å²) in [6, 6.07) is 0. The lowest BCUT2D eigenvalue weighted by atomic mass is 10.00. The third-order valence-electron chi connectivity index (χ3n) is 2.41. The first-order valence-corrected chi connectivity index (χ1v) is 3.38. The molecule has 0 spiro atoms. The van der Waals surface area contributed by atoms with E-state index in [1.54, 1.807) is 0 Å². The van der Waals surface area contributed by atoms with Crippen molar-refractivity contribution in [3.8, 4) is 0 Å². The molecule has 0 aliphatic heterocycles. The van der Waals surface area contributed by atoms with E-state index in [-0.39, 0.29) is 0 Å². The molecule has 0 saturated carbocycles. The second kappa shape index (κ2) is 2.22. The minimum absolute atomic E-state index is 0.547. The molecule has 1 aliphatic rings. The Morgan fingerprint density at radius 2 is 1.38 bits per heavy atom. The summed E-state index contributed by atoms with van der Waals surface area (Å²) in [4.78, 5) is 0. The maximum Gasteiger partial charge on any atom is 0.413 e. The zero-order valence-corrected chi connectivity index (χ0v) is 6.77. The molecule has 13 heavy (non-hydrogen) atoms. The van der Waals surface area contributed by atoms with Gasteiger partial charge in [0.15, 0.2) is 0 Å². The predicted molar refractivity (Wildman–Crippen MR) is 32.9 cm³/mol. The van der Waals surface area contributed by atoms with Gasteiger partial charge < -0.3 is 0 Å². The van der Waals surface area contributed by atoms with Gasteiger partial charge in [-0.25, -0.2) is 0 Å². The highest BCUT2D eigenvalue weighted by Crippen LogP contribution is 2.66. The Bertz CT molecular complexity index is 268. The van der Waals surface area contributed by atoms with Gasteiger partial charge in [0, 0.05) is 0 Å². The van der Waals surface area contributed by atoms with Crippen LogP contribution in [0.3, 0.4) is 0 Å². The molecular weight excluding hydrogens is 198 g/mol. The molecule has 0 aromatic carbocycles. The normalized spacial score (nSPS) is 29.5. The second-order valence-corrected chi connectivity index (χ2v) is 3.12. The standard InChI is InChI=1S/C7H6F6/c1-3-4(6(8,9)10)5(3,2)7(11,12)13/h1-2H3. The number of allylic oxidation sites excluding steroid dienone is 2. The summed E-state index contributed by atoms with van der Waals surface area (Å²) in [7, 11) is 0. The fourth-order valence-electron chi connectivity index (χ4n) is 1.38. The van der Waals surface area contributed by atoms with Gasteiger partial charge in [-0.2, -0.15) is 26.3 Å². The Hall–Kier alpha value is -0.680. The summed E-state index contributed by atoms with van der Waals surface area (Å²) in [6.45, 7) is 1.40. The molecule has 0 aromatic heterocycles. The first-order chi connectivity index (χ1) is 5.53. The minimum atomic E-state index is -4.87. The molecule has 0 aromatic rings. The van der Waals surface area contributed by atoms with Crippen LogP contribution in [0.4, 0.5) is 26.3 Å². The van der Waals surface area contributed by atoms with Crippen LogP contribution in [0.25, 0.3) is 0 Å². The van der Waals surface area contributed by atoms with Crippen molar-refractivity contribution in [2.24, 2.45) is 5.41 Å². The van der Waals surface area contributed by atoms with Crippen LogP contribution in [0.2, 0.25) is 0 Å². The molecule has 0 amide bonds. The van der Waals surface area contributed by atoms with Crippen LogP contribution in [0.1, 0.15) is 13.8 Å². The van der Waals surface area contributed by atoms with Crippen LogP contribution in [-0.4, -0.2) is 12.4 Å². The molecule has 1 unspecified atom stereocenters. The van der Waals surface area contributed by atoms with E-state index in [0.717, 1.165) is 6.92 Å². The molecule has 0 N–H and O–H groups in total. The quantitative estimate of drug-likeness (QED) is 0.418. The Kier molecular flexibility index (Phi) is 1.77. The van der Waals surface area contributed by atoms with Crippen molar-refractivity contribution < 1.29 is 26.3 Å². The number of hydrogen-bond acceptors (Lipinski definition) is 0. The van der Waals surface area contributed by atoms with E-state index in [0.29, 0.717) is 6.92 Å². The summed E-state index contributed by atoms with van der Waals surface area (Å²) in [5.41, 5.74) is -4.83. The van der Waals surface area contributed by atoms with Crippen molar-refractivity contribution >= 4 is 0 Å². The van der Waals surface area contributed by atoms with Crippen molar-refractivity contribution in [2.75, 3.05) is 0 Å². The number of alkyl halides is 6. The van der Waals surface area contributed by atoms with Crippen molar-refractivity contribution in [1.29, 1.82) is 0 Å². The Balaban J connectivity index is 2.98. The van der Waals surface area contributed by atoms with E-state index >= 15 is 0 Å². The van der Waals surface area contributed by atoms with Crippen LogP contribution in [0.15, 0.2) is 11.1 Å². The summed E-state index contributed by atoms with van der Waals surface area (Å²) in [5, 5.41) is 0. The van der Waals surface area contributed by atoms with Gasteiger partial charge in [-0.3, -0.25) is 0 Å². The SMILES string of the molecule is CC1=C(C(F)(F)F)C1(C)C(F)(F)F. The second-order valence-electron chi connectivity index (χ2n) is 3.12. The molecule has 0 bridgehead atoms. The minimum Gasteiger partial charge on any atom is -0.170 e. The molecule has 1 aliphatic carbocycles. The van der Waals surface area contributed by atoms with Gasteiger partial charge >= 0.3 is 12.4 Å². The molecule has 0 saturated heterocycles. The summed E-state index contributed by atoms with van der Waals surface area (Å²) >= 11 is 0. The van der Waals surface area contributed by atoms with Crippen LogP contribution < -0.4 is 0 Å². The first kappa shape index (κ1) is 10.4. The Morgan fingerprint density at radius 3 is 1.46 bits per heavy atom. The van der Waals surface area contributed by atoms with E-state index < -0.39 is 28.9 Å². The van der Waals surface area contributed by atoms with Gasteiger partial charge in [0.1, 0.15) is 5.41 Å². The lowest BCUT2D eigenvalue weighted by Gasteiger charge is -2.18. The molecule has 0 heterocycles. The fourth-order valence-corrected chi connectivity index (χ4v) is 1.38. The third-order valence-corrected chi connectivity index (χ3v) is 2.41. The zero-order chi connectivity index (χ0) is 10.7. The first-order valence-electron chi connectivity index (χ1n) is 3.38. The number of halogens is 6. The molecule has 0 radical (unpaired) electrons. The van der Waals surface area contributed by atoms with E-state index in [1.165, 1.54) is 0 Å². The highest BCUT2D eigenvalue weighted by atomic mass is 19.4. The highest BCUT2D eigenvalue weighted by Gasteiger charge is 2.71.